The molecular weight excluding hydrogens is 133 g/mol. The number of hydrogen-bond acceptors (Lipinski definition) is 2. The van der Waals surface area contributed by atoms with E-state index in [0.717, 1.165) is 5.82 Å². The Kier molecular flexibility index (Phi) is 1.00. The highest BCUT2D eigenvalue weighted by atomic mass is 19.2. The Morgan fingerprint density at radius 2 is 2.50 bits per heavy atom. The largest absolute Gasteiger partial charge is 0.311 e. The van der Waals surface area contributed by atoms with Gasteiger partial charge in [0.25, 0.3) is 0 Å². The summed E-state index contributed by atoms with van der Waals surface area (Å²) in [5, 5.41) is 0.606. The van der Waals surface area contributed by atoms with Gasteiger partial charge in [0.15, 0.2) is 0 Å². The number of aromatic nitrogens is 2. The van der Waals surface area contributed by atoms with E-state index in [0.29, 0.717) is 5.12 Å². The van der Waals surface area contributed by atoms with Gasteiger partial charge in [-0.15, -0.1) is 0 Å². The fourth-order valence-electron chi connectivity index (χ4n) is 0.939. The molecule has 1 aliphatic heterocycles. The summed E-state index contributed by atoms with van der Waals surface area (Å²) in [5.41, 5.74) is 0. The summed E-state index contributed by atoms with van der Waals surface area (Å²) in [6.07, 6.45) is 6.39. The Labute approximate surface area is 57.3 Å². The maximum absolute atomic E-state index is 12.4. The minimum atomic E-state index is 0.242. The maximum atomic E-state index is 12.4. The summed E-state index contributed by atoms with van der Waals surface area (Å²) in [6.45, 7) is 0.242. The number of fused-ring (bicyclic) bond motifs is 1. The normalized spacial score (nSPS) is 15.5. The molecule has 2 heterocycles. The lowest BCUT2D eigenvalue weighted by Crippen LogP contribution is -2.16. The molecule has 0 aliphatic carbocycles. The number of halogens is 1. The van der Waals surface area contributed by atoms with E-state index < -0.39 is 0 Å². The highest BCUT2D eigenvalue weighted by Crippen LogP contribution is 2.09. The third-order valence-corrected chi connectivity index (χ3v) is 1.42. The number of nitrogens with zero attached hydrogens (tertiary/aromatic N) is 3. The lowest BCUT2D eigenvalue weighted by atomic mass is 10.5. The summed E-state index contributed by atoms with van der Waals surface area (Å²) >= 11 is 0. The van der Waals surface area contributed by atoms with Crippen LogP contribution in [-0.2, 0) is 6.67 Å². The van der Waals surface area contributed by atoms with Crippen molar-refractivity contribution in [2.45, 2.75) is 6.67 Å². The lowest BCUT2D eigenvalue weighted by Gasteiger charge is -2.14. The molecule has 2 rings (SSSR count). The summed E-state index contributed by atoms with van der Waals surface area (Å²) < 4.78 is 14.2. The van der Waals surface area contributed by atoms with Crippen molar-refractivity contribution in [2.24, 2.45) is 0 Å². The molecule has 1 aliphatic rings. The van der Waals surface area contributed by atoms with Gasteiger partial charge in [-0.1, -0.05) is 4.48 Å². The molecule has 1 aromatic rings. The van der Waals surface area contributed by atoms with Crippen molar-refractivity contribution in [1.82, 2.24) is 14.7 Å². The van der Waals surface area contributed by atoms with E-state index in [1.165, 1.54) is 6.20 Å². The van der Waals surface area contributed by atoms with E-state index in [1.54, 1.807) is 23.0 Å². The van der Waals surface area contributed by atoms with Gasteiger partial charge in [0.1, 0.15) is 12.5 Å². The Balaban J connectivity index is 2.43. The van der Waals surface area contributed by atoms with Crippen LogP contribution < -0.4 is 0 Å². The molecule has 4 heteroatoms. The summed E-state index contributed by atoms with van der Waals surface area (Å²) in [7, 11) is 0. The van der Waals surface area contributed by atoms with E-state index in [4.69, 9.17) is 0 Å². The summed E-state index contributed by atoms with van der Waals surface area (Å²) in [4.78, 5) is 3.97. The first-order chi connectivity index (χ1) is 4.86. The quantitative estimate of drug-likeness (QED) is 0.500. The van der Waals surface area contributed by atoms with E-state index >= 15 is 0 Å². The van der Waals surface area contributed by atoms with Crippen molar-refractivity contribution >= 4 is 6.08 Å². The standard InChI is InChI=1S/C6H6FN3/c7-10-3-1-6-8-2-4-9(6)5-10/h1-4H,5H2. The Morgan fingerprint density at radius 3 is 3.40 bits per heavy atom. The van der Waals surface area contributed by atoms with E-state index in [2.05, 4.69) is 4.98 Å². The third-order valence-electron chi connectivity index (χ3n) is 1.42. The lowest BCUT2D eigenvalue weighted by molar-refractivity contribution is 0.0493. The molecule has 0 unspecified atom stereocenters. The molecule has 0 aromatic carbocycles. The predicted octanol–water partition coefficient (Wildman–Crippen LogP) is 1.01. The molecule has 0 bridgehead atoms. The Bertz CT molecular complexity index is 266. The minimum absolute atomic E-state index is 0.242. The molecule has 0 N–H and O–H groups in total. The molecule has 0 spiro atoms. The Hall–Kier alpha value is -1.32. The molecule has 0 atom stereocenters. The molecule has 52 valence electrons. The van der Waals surface area contributed by atoms with E-state index in [-0.39, 0.29) is 6.67 Å². The van der Waals surface area contributed by atoms with Crippen molar-refractivity contribution in [3.63, 3.8) is 0 Å². The van der Waals surface area contributed by atoms with Crippen LogP contribution in [0.1, 0.15) is 5.82 Å². The average Bonchev–Trinajstić information content (AvgIpc) is 2.33. The topological polar surface area (TPSA) is 21.1 Å². The summed E-state index contributed by atoms with van der Waals surface area (Å²) in [5.74, 6) is 0.800. The first-order valence-electron chi connectivity index (χ1n) is 2.98. The van der Waals surface area contributed by atoms with Crippen molar-refractivity contribution in [1.29, 1.82) is 0 Å². The van der Waals surface area contributed by atoms with Gasteiger partial charge in [0, 0.05) is 18.6 Å². The monoisotopic (exact) mass is 139 g/mol. The molecule has 0 fully saturated rings. The zero-order chi connectivity index (χ0) is 6.97. The predicted molar refractivity (Wildman–Crippen MR) is 34.2 cm³/mol. The second-order valence-electron chi connectivity index (χ2n) is 2.11. The van der Waals surface area contributed by atoms with Gasteiger partial charge in [0.2, 0.25) is 0 Å². The number of imidazole rings is 1. The fourth-order valence-corrected chi connectivity index (χ4v) is 0.939. The van der Waals surface area contributed by atoms with E-state index in [1.807, 2.05) is 0 Å². The van der Waals surface area contributed by atoms with Gasteiger partial charge in [-0.05, 0) is 6.08 Å². The molecule has 1 aromatic heterocycles. The molecule has 3 nitrogen and oxygen atoms in total. The SMILES string of the molecule is FN1C=Cc2nccn2C1. The van der Waals surface area contributed by atoms with Crippen LogP contribution in [0.3, 0.4) is 0 Å². The molecular formula is C6H6FN3. The first kappa shape index (κ1) is 5.46. The highest BCUT2D eigenvalue weighted by molar-refractivity contribution is 5.40. The molecule has 0 amide bonds. The zero-order valence-electron chi connectivity index (χ0n) is 5.24. The molecule has 0 saturated carbocycles. The second kappa shape index (κ2) is 1.83. The molecule has 0 saturated heterocycles. The van der Waals surface area contributed by atoms with Crippen LogP contribution in [-0.4, -0.2) is 14.7 Å². The van der Waals surface area contributed by atoms with Crippen LogP contribution in [0.4, 0.5) is 4.48 Å². The highest BCUT2D eigenvalue weighted by Gasteiger charge is 2.07. The van der Waals surface area contributed by atoms with Gasteiger partial charge in [-0.3, -0.25) is 0 Å². The van der Waals surface area contributed by atoms with Gasteiger partial charge in [-0.25, -0.2) is 4.98 Å². The van der Waals surface area contributed by atoms with Crippen LogP contribution >= 0.6 is 0 Å². The Morgan fingerprint density at radius 1 is 1.60 bits per heavy atom. The van der Waals surface area contributed by atoms with Crippen molar-refractivity contribution in [2.75, 3.05) is 0 Å². The van der Waals surface area contributed by atoms with Gasteiger partial charge < -0.3 is 4.57 Å². The molecule has 0 radical (unpaired) electrons. The van der Waals surface area contributed by atoms with Crippen LogP contribution in [0.15, 0.2) is 18.6 Å². The van der Waals surface area contributed by atoms with Crippen LogP contribution in [0.25, 0.3) is 6.08 Å². The smallest absolute Gasteiger partial charge is 0.135 e. The van der Waals surface area contributed by atoms with Crippen LogP contribution in [0, 0.1) is 0 Å². The third kappa shape index (κ3) is 0.689. The van der Waals surface area contributed by atoms with Gasteiger partial charge in [-0.2, -0.15) is 5.12 Å². The van der Waals surface area contributed by atoms with Crippen LogP contribution in [0.5, 0.6) is 0 Å². The zero-order valence-corrected chi connectivity index (χ0v) is 5.24. The first-order valence-corrected chi connectivity index (χ1v) is 2.98. The minimum Gasteiger partial charge on any atom is -0.311 e. The van der Waals surface area contributed by atoms with Gasteiger partial charge >= 0.3 is 0 Å². The van der Waals surface area contributed by atoms with Gasteiger partial charge in [0.05, 0.1) is 0 Å². The number of hydrogen-bond donors (Lipinski definition) is 0. The van der Waals surface area contributed by atoms with Crippen molar-refractivity contribution in [3.05, 3.63) is 24.4 Å². The number of rotatable bonds is 0. The average molecular weight is 139 g/mol. The van der Waals surface area contributed by atoms with Crippen molar-refractivity contribution < 1.29 is 4.48 Å². The maximum Gasteiger partial charge on any atom is 0.135 e. The summed E-state index contributed by atoms with van der Waals surface area (Å²) in [6, 6.07) is 0. The van der Waals surface area contributed by atoms with Crippen LogP contribution in [0.2, 0.25) is 0 Å². The second-order valence-corrected chi connectivity index (χ2v) is 2.11. The molecule has 10 heavy (non-hydrogen) atoms. The van der Waals surface area contributed by atoms with E-state index in [9.17, 15) is 4.48 Å². The van der Waals surface area contributed by atoms with Crippen molar-refractivity contribution in [3.8, 4) is 0 Å². The fraction of sp³-hybridized carbons (Fsp3) is 0.167.